The average molecular weight is 157 g/mol. The summed E-state index contributed by atoms with van der Waals surface area (Å²) in [6, 6.07) is 2.78. The van der Waals surface area contributed by atoms with Gasteiger partial charge in [-0.1, -0.05) is 0 Å². The zero-order chi connectivity index (χ0) is 8.27. The molecular weight excluding hydrogens is 146 g/mol. The van der Waals surface area contributed by atoms with Crippen LogP contribution < -0.4 is 5.73 Å². The number of hydrogen-bond donors (Lipinski definition) is 3. The second kappa shape index (κ2) is 3.52. The monoisotopic (exact) mass is 157 g/mol. The van der Waals surface area contributed by atoms with Crippen LogP contribution in [-0.2, 0) is 6.61 Å². The lowest BCUT2D eigenvalue weighted by Gasteiger charge is -2.02. The summed E-state index contributed by atoms with van der Waals surface area (Å²) in [5.41, 5.74) is 5.44. The Kier molecular flexibility index (Phi) is 2.64. The molecule has 0 saturated heterocycles. The Labute approximate surface area is 64.2 Å². The molecule has 1 heterocycles. The Balaban J connectivity index is 2.71. The standard InChI is InChI=1S/C7H11NO3/c8-6(4-10)7-2-1-5(3-9)11-7/h1-2,6,9-10H,3-4,8H2/t6-/m0/s1. The van der Waals surface area contributed by atoms with Gasteiger partial charge in [0.25, 0.3) is 0 Å². The van der Waals surface area contributed by atoms with Gasteiger partial charge in [0, 0.05) is 0 Å². The molecule has 0 aliphatic heterocycles. The van der Waals surface area contributed by atoms with E-state index < -0.39 is 6.04 Å². The number of furan rings is 1. The highest BCUT2D eigenvalue weighted by Gasteiger charge is 2.08. The highest BCUT2D eigenvalue weighted by Crippen LogP contribution is 2.13. The maximum Gasteiger partial charge on any atom is 0.129 e. The first-order valence-corrected chi connectivity index (χ1v) is 3.34. The molecular formula is C7H11NO3. The van der Waals surface area contributed by atoms with Crippen LogP contribution in [0.2, 0.25) is 0 Å². The molecule has 0 aromatic carbocycles. The van der Waals surface area contributed by atoms with Crippen molar-refractivity contribution in [3.05, 3.63) is 23.7 Å². The number of hydrogen-bond acceptors (Lipinski definition) is 4. The van der Waals surface area contributed by atoms with E-state index in [1.54, 1.807) is 12.1 Å². The zero-order valence-electron chi connectivity index (χ0n) is 6.03. The minimum Gasteiger partial charge on any atom is -0.462 e. The molecule has 1 aromatic heterocycles. The molecule has 0 spiro atoms. The molecule has 1 rings (SSSR count). The van der Waals surface area contributed by atoms with Crippen molar-refractivity contribution in [3.63, 3.8) is 0 Å². The van der Waals surface area contributed by atoms with E-state index >= 15 is 0 Å². The van der Waals surface area contributed by atoms with Crippen LogP contribution in [0.5, 0.6) is 0 Å². The van der Waals surface area contributed by atoms with E-state index in [-0.39, 0.29) is 13.2 Å². The molecule has 11 heavy (non-hydrogen) atoms. The first-order chi connectivity index (χ1) is 5.27. The highest BCUT2D eigenvalue weighted by molar-refractivity contribution is 5.09. The van der Waals surface area contributed by atoms with E-state index in [1.807, 2.05) is 0 Å². The minimum atomic E-state index is -0.490. The van der Waals surface area contributed by atoms with Crippen LogP contribution in [-0.4, -0.2) is 16.8 Å². The quantitative estimate of drug-likeness (QED) is 0.566. The summed E-state index contributed by atoms with van der Waals surface area (Å²) in [5, 5.41) is 17.2. The number of aliphatic hydroxyl groups excluding tert-OH is 2. The molecule has 0 fully saturated rings. The predicted octanol–water partition coefficient (Wildman–Crippen LogP) is -0.236. The molecule has 0 aliphatic carbocycles. The topological polar surface area (TPSA) is 79.6 Å². The summed E-state index contributed by atoms with van der Waals surface area (Å²) in [7, 11) is 0. The van der Waals surface area contributed by atoms with Crippen molar-refractivity contribution in [3.8, 4) is 0 Å². The van der Waals surface area contributed by atoms with Crippen molar-refractivity contribution in [2.24, 2.45) is 5.73 Å². The molecule has 4 N–H and O–H groups in total. The van der Waals surface area contributed by atoms with E-state index in [9.17, 15) is 0 Å². The molecule has 0 aliphatic rings. The second-order valence-electron chi connectivity index (χ2n) is 2.25. The third-order valence-electron chi connectivity index (χ3n) is 1.40. The first kappa shape index (κ1) is 8.26. The SMILES string of the molecule is N[C@@H](CO)c1ccc(CO)o1. The van der Waals surface area contributed by atoms with Crippen molar-refractivity contribution in [2.45, 2.75) is 12.6 Å². The fraction of sp³-hybridized carbons (Fsp3) is 0.429. The average Bonchev–Trinajstić information content (AvgIpc) is 2.50. The third-order valence-corrected chi connectivity index (χ3v) is 1.40. The van der Waals surface area contributed by atoms with E-state index in [0.29, 0.717) is 11.5 Å². The molecule has 0 amide bonds. The van der Waals surface area contributed by atoms with E-state index in [2.05, 4.69) is 0 Å². The molecule has 62 valence electrons. The van der Waals surface area contributed by atoms with Gasteiger partial charge in [-0.25, -0.2) is 0 Å². The van der Waals surface area contributed by atoms with E-state index in [1.165, 1.54) is 0 Å². The van der Waals surface area contributed by atoms with Gasteiger partial charge in [0.15, 0.2) is 0 Å². The van der Waals surface area contributed by atoms with Crippen molar-refractivity contribution >= 4 is 0 Å². The number of rotatable bonds is 3. The molecule has 1 aromatic rings. The van der Waals surface area contributed by atoms with Crippen LogP contribution in [0.4, 0.5) is 0 Å². The van der Waals surface area contributed by atoms with Gasteiger partial charge in [-0.3, -0.25) is 0 Å². The van der Waals surface area contributed by atoms with E-state index in [4.69, 9.17) is 20.4 Å². The highest BCUT2D eigenvalue weighted by atomic mass is 16.4. The van der Waals surface area contributed by atoms with Crippen LogP contribution in [0.3, 0.4) is 0 Å². The van der Waals surface area contributed by atoms with Crippen molar-refractivity contribution in [2.75, 3.05) is 6.61 Å². The Hall–Kier alpha value is -0.840. The third kappa shape index (κ3) is 1.80. The molecule has 0 saturated carbocycles. The largest absolute Gasteiger partial charge is 0.462 e. The van der Waals surface area contributed by atoms with Gasteiger partial charge in [0.2, 0.25) is 0 Å². The summed E-state index contributed by atoms with van der Waals surface area (Å²) in [6.07, 6.45) is 0. The fourth-order valence-corrected chi connectivity index (χ4v) is 0.769. The molecule has 4 nitrogen and oxygen atoms in total. The summed E-state index contributed by atoms with van der Waals surface area (Å²) < 4.78 is 5.05. The van der Waals surface area contributed by atoms with Crippen LogP contribution >= 0.6 is 0 Å². The summed E-state index contributed by atoms with van der Waals surface area (Å²) in [6.45, 7) is -0.295. The van der Waals surface area contributed by atoms with Crippen LogP contribution in [0, 0.1) is 0 Å². The predicted molar refractivity (Wildman–Crippen MR) is 38.6 cm³/mol. The molecule has 0 radical (unpaired) electrons. The van der Waals surface area contributed by atoms with Crippen molar-refractivity contribution in [1.82, 2.24) is 0 Å². The molecule has 0 unspecified atom stereocenters. The molecule has 0 bridgehead atoms. The molecule has 1 atom stereocenters. The first-order valence-electron chi connectivity index (χ1n) is 3.34. The van der Waals surface area contributed by atoms with Crippen LogP contribution in [0.1, 0.15) is 17.6 Å². The van der Waals surface area contributed by atoms with Crippen LogP contribution in [0.15, 0.2) is 16.5 Å². The van der Waals surface area contributed by atoms with Gasteiger partial charge in [-0.2, -0.15) is 0 Å². The Morgan fingerprint density at radius 3 is 2.64 bits per heavy atom. The Bertz CT molecular complexity index is 221. The molecule has 4 heteroatoms. The Morgan fingerprint density at radius 1 is 1.45 bits per heavy atom. The smallest absolute Gasteiger partial charge is 0.129 e. The van der Waals surface area contributed by atoms with Crippen LogP contribution in [0.25, 0.3) is 0 Å². The van der Waals surface area contributed by atoms with Crippen molar-refractivity contribution < 1.29 is 14.6 Å². The maximum atomic E-state index is 8.62. The number of aliphatic hydroxyl groups is 2. The number of nitrogens with two attached hydrogens (primary N) is 1. The fourth-order valence-electron chi connectivity index (χ4n) is 0.769. The minimum absolute atomic E-state index is 0.141. The van der Waals surface area contributed by atoms with Gasteiger partial charge in [0.05, 0.1) is 12.6 Å². The van der Waals surface area contributed by atoms with Gasteiger partial charge < -0.3 is 20.4 Å². The lowest BCUT2D eigenvalue weighted by Crippen LogP contribution is -2.13. The lowest BCUT2D eigenvalue weighted by molar-refractivity contribution is 0.224. The van der Waals surface area contributed by atoms with Gasteiger partial charge in [-0.15, -0.1) is 0 Å². The van der Waals surface area contributed by atoms with Gasteiger partial charge in [-0.05, 0) is 12.1 Å². The Morgan fingerprint density at radius 2 is 2.18 bits per heavy atom. The van der Waals surface area contributed by atoms with Crippen molar-refractivity contribution in [1.29, 1.82) is 0 Å². The summed E-state index contributed by atoms with van der Waals surface area (Å²) >= 11 is 0. The van der Waals surface area contributed by atoms with Gasteiger partial charge >= 0.3 is 0 Å². The normalized spacial score (nSPS) is 13.4. The lowest BCUT2D eigenvalue weighted by atomic mass is 10.2. The summed E-state index contributed by atoms with van der Waals surface area (Å²) in [5.74, 6) is 0.959. The van der Waals surface area contributed by atoms with Gasteiger partial charge in [0.1, 0.15) is 18.1 Å². The zero-order valence-corrected chi connectivity index (χ0v) is 6.03. The maximum absolute atomic E-state index is 8.62. The summed E-state index contributed by atoms with van der Waals surface area (Å²) in [4.78, 5) is 0. The van der Waals surface area contributed by atoms with E-state index in [0.717, 1.165) is 0 Å². The second-order valence-corrected chi connectivity index (χ2v) is 2.25.